The van der Waals surface area contributed by atoms with Crippen molar-refractivity contribution in [3.8, 4) is 17.2 Å². The number of ether oxygens (including phenoxy) is 3. The van der Waals surface area contributed by atoms with E-state index in [-0.39, 0.29) is 11.5 Å². The van der Waals surface area contributed by atoms with Crippen LogP contribution in [-0.2, 0) is 4.79 Å². The molecule has 2 aromatic rings. The Labute approximate surface area is 196 Å². The second kappa shape index (κ2) is 12.3. The molecule has 1 heterocycles. The Hall–Kier alpha value is -3.25. The van der Waals surface area contributed by atoms with Crippen molar-refractivity contribution in [2.75, 3.05) is 26.2 Å². The lowest BCUT2D eigenvalue weighted by Gasteiger charge is -2.11. The number of hydrogen-bond acceptors (Lipinski definition) is 7. The first-order valence-corrected chi connectivity index (χ1v) is 10.7. The van der Waals surface area contributed by atoms with E-state index in [4.69, 9.17) is 29.8 Å². The van der Waals surface area contributed by atoms with Crippen molar-refractivity contribution in [2.45, 2.75) is 17.5 Å². The Balaban J connectivity index is 0.000000509. The molecule has 34 heavy (non-hydrogen) atoms. The highest BCUT2D eigenvalue weighted by atomic mass is 32.2. The molecule has 0 aliphatic carbocycles. The first-order valence-electron chi connectivity index (χ1n) is 9.69. The lowest BCUT2D eigenvalue weighted by Crippen LogP contribution is -2.21. The minimum atomic E-state index is -5.08. The minimum absolute atomic E-state index is 0.155. The van der Waals surface area contributed by atoms with Gasteiger partial charge < -0.3 is 25.1 Å². The van der Waals surface area contributed by atoms with Crippen LogP contribution in [0.5, 0.6) is 17.2 Å². The number of carboxylic acid groups (broad SMARTS) is 1. The molecule has 12 heteroatoms. The number of alkyl halides is 3. The molecule has 0 unspecified atom stereocenters. The highest BCUT2D eigenvalue weighted by Gasteiger charge is 2.38. The average molecular weight is 503 g/mol. The van der Waals surface area contributed by atoms with Crippen molar-refractivity contribution in [3.63, 3.8) is 0 Å². The Morgan fingerprint density at radius 1 is 1.24 bits per heavy atom. The fourth-order valence-corrected chi connectivity index (χ4v) is 3.31. The van der Waals surface area contributed by atoms with E-state index in [0.29, 0.717) is 48.1 Å². The third kappa shape index (κ3) is 7.66. The number of aliphatic carboxylic acids is 1. The molecule has 3 rings (SSSR count). The molecule has 2 aromatic carbocycles. The van der Waals surface area contributed by atoms with Crippen LogP contribution in [0.2, 0.25) is 0 Å². The summed E-state index contributed by atoms with van der Waals surface area (Å²) in [6.07, 6.45) is -1.45. The molecule has 0 radical (unpaired) electrons. The third-order valence-corrected chi connectivity index (χ3v) is 5.06. The monoisotopic (exact) mass is 503 g/mol. The SMILES string of the molecule is COc1ccc(C=CC(=O)c2cc3c(cc2OCCCN)SCO3)cc1F.O=C(O)C(F)(F)F. The van der Waals surface area contributed by atoms with Gasteiger partial charge in [-0.05, 0) is 48.9 Å². The molecule has 7 nitrogen and oxygen atoms in total. The number of allylic oxidation sites excluding steroid dienone is 1. The summed E-state index contributed by atoms with van der Waals surface area (Å²) in [4.78, 5) is 22.5. The molecule has 1 aliphatic rings. The minimum Gasteiger partial charge on any atom is -0.494 e. The second-order valence-corrected chi connectivity index (χ2v) is 7.55. The van der Waals surface area contributed by atoms with Crippen molar-refractivity contribution in [2.24, 2.45) is 5.73 Å². The first-order chi connectivity index (χ1) is 16.1. The van der Waals surface area contributed by atoms with Crippen LogP contribution in [0.25, 0.3) is 6.08 Å². The van der Waals surface area contributed by atoms with Gasteiger partial charge in [0.2, 0.25) is 0 Å². The predicted molar refractivity (Wildman–Crippen MR) is 117 cm³/mol. The van der Waals surface area contributed by atoms with Gasteiger partial charge >= 0.3 is 12.1 Å². The van der Waals surface area contributed by atoms with E-state index >= 15 is 0 Å². The van der Waals surface area contributed by atoms with E-state index in [0.717, 1.165) is 4.90 Å². The topological polar surface area (TPSA) is 108 Å². The maximum absolute atomic E-state index is 13.8. The molecular weight excluding hydrogens is 482 g/mol. The summed E-state index contributed by atoms with van der Waals surface area (Å²) in [6, 6.07) is 8.00. The zero-order chi connectivity index (χ0) is 25.3. The van der Waals surface area contributed by atoms with E-state index in [9.17, 15) is 22.4 Å². The smallest absolute Gasteiger partial charge is 0.490 e. The Morgan fingerprint density at radius 3 is 2.53 bits per heavy atom. The number of methoxy groups -OCH3 is 1. The fourth-order valence-electron chi connectivity index (χ4n) is 2.55. The summed E-state index contributed by atoms with van der Waals surface area (Å²) >= 11 is 1.55. The molecule has 3 N–H and O–H groups in total. The average Bonchev–Trinajstić information content (AvgIpc) is 3.24. The molecule has 0 atom stereocenters. The van der Waals surface area contributed by atoms with Crippen molar-refractivity contribution in [3.05, 3.63) is 53.4 Å². The number of rotatable bonds is 8. The maximum Gasteiger partial charge on any atom is 0.490 e. The summed E-state index contributed by atoms with van der Waals surface area (Å²) in [6.45, 7) is 0.934. The summed E-state index contributed by atoms with van der Waals surface area (Å²) in [7, 11) is 1.40. The zero-order valence-electron chi connectivity index (χ0n) is 17.9. The Kier molecular flexibility index (Phi) is 9.75. The van der Waals surface area contributed by atoms with Crippen LogP contribution in [0, 0.1) is 5.82 Å². The lowest BCUT2D eigenvalue weighted by atomic mass is 10.1. The number of carbonyl (C=O) groups is 2. The van der Waals surface area contributed by atoms with Crippen LogP contribution < -0.4 is 19.9 Å². The van der Waals surface area contributed by atoms with Crippen LogP contribution in [0.1, 0.15) is 22.3 Å². The first kappa shape index (κ1) is 27.0. The highest BCUT2D eigenvalue weighted by molar-refractivity contribution is 7.99. The number of fused-ring (bicyclic) bond motifs is 1. The largest absolute Gasteiger partial charge is 0.494 e. The predicted octanol–water partition coefficient (Wildman–Crippen LogP) is 4.53. The van der Waals surface area contributed by atoms with Crippen LogP contribution >= 0.6 is 11.8 Å². The van der Waals surface area contributed by atoms with Gasteiger partial charge in [0.1, 0.15) is 17.4 Å². The van der Waals surface area contributed by atoms with Crippen molar-refractivity contribution in [1.82, 2.24) is 0 Å². The number of thioether (sulfide) groups is 1. The number of carboxylic acids is 1. The molecule has 184 valence electrons. The van der Waals surface area contributed by atoms with E-state index in [1.807, 2.05) is 6.07 Å². The molecule has 0 aromatic heterocycles. The molecule has 0 amide bonds. The van der Waals surface area contributed by atoms with E-state index < -0.39 is 18.0 Å². The second-order valence-electron chi connectivity index (χ2n) is 6.59. The van der Waals surface area contributed by atoms with Gasteiger partial charge in [-0.1, -0.05) is 23.9 Å². The highest BCUT2D eigenvalue weighted by Crippen LogP contribution is 2.41. The van der Waals surface area contributed by atoms with Crippen LogP contribution in [0.4, 0.5) is 17.6 Å². The molecule has 0 bridgehead atoms. The van der Waals surface area contributed by atoms with Gasteiger partial charge in [-0.25, -0.2) is 9.18 Å². The van der Waals surface area contributed by atoms with Gasteiger partial charge in [-0.15, -0.1) is 0 Å². The number of hydrogen-bond donors (Lipinski definition) is 2. The molecule has 0 spiro atoms. The Morgan fingerprint density at radius 2 is 1.94 bits per heavy atom. The van der Waals surface area contributed by atoms with Crippen LogP contribution in [0.3, 0.4) is 0 Å². The third-order valence-electron chi connectivity index (χ3n) is 4.19. The quantitative estimate of drug-likeness (QED) is 0.234. The van der Waals surface area contributed by atoms with E-state index in [2.05, 4.69) is 0 Å². The molecule has 0 saturated carbocycles. The summed E-state index contributed by atoms with van der Waals surface area (Å²) in [5.41, 5.74) is 6.46. The standard InChI is InChI=1S/C20H20FNO4S.C2HF3O2/c1-24-17-6-4-13(9-15(17)21)3-5-16(23)14-10-19-20(27-12-26-19)11-18(14)25-8-2-7-22;3-2(4,5)1(6)7/h3-6,9-11H,2,7-8,12,22H2,1H3;(H,6,7). The number of ketones is 1. The molecule has 0 saturated heterocycles. The number of nitrogens with two attached hydrogens (primary N) is 1. The van der Waals surface area contributed by atoms with Gasteiger partial charge in [0.15, 0.2) is 17.3 Å². The van der Waals surface area contributed by atoms with Gasteiger partial charge in [-0.2, -0.15) is 13.2 Å². The van der Waals surface area contributed by atoms with Crippen molar-refractivity contribution in [1.29, 1.82) is 0 Å². The summed E-state index contributed by atoms with van der Waals surface area (Å²) < 4.78 is 61.7. The number of halogens is 4. The zero-order valence-corrected chi connectivity index (χ0v) is 18.7. The fraction of sp³-hybridized carbons (Fsp3) is 0.273. The molecular formula is C22H21F4NO6S. The number of benzene rings is 2. The van der Waals surface area contributed by atoms with Crippen LogP contribution in [0.15, 0.2) is 41.3 Å². The van der Waals surface area contributed by atoms with E-state index in [1.165, 1.54) is 25.3 Å². The van der Waals surface area contributed by atoms with Gasteiger partial charge in [0, 0.05) is 0 Å². The summed E-state index contributed by atoms with van der Waals surface area (Å²) in [5.74, 6) is -1.67. The molecule has 0 fully saturated rings. The van der Waals surface area contributed by atoms with Gasteiger partial charge in [0.05, 0.1) is 24.2 Å². The number of carbonyl (C=O) groups excluding carboxylic acids is 1. The van der Waals surface area contributed by atoms with Crippen molar-refractivity contribution < 1.29 is 46.5 Å². The van der Waals surface area contributed by atoms with Gasteiger partial charge in [0.25, 0.3) is 0 Å². The maximum atomic E-state index is 13.8. The normalized spacial score (nSPS) is 12.4. The molecule has 1 aliphatic heterocycles. The summed E-state index contributed by atoms with van der Waals surface area (Å²) in [5, 5.41) is 7.12. The van der Waals surface area contributed by atoms with Crippen molar-refractivity contribution >= 4 is 29.6 Å². The Bertz CT molecular complexity index is 1060. The lowest BCUT2D eigenvalue weighted by molar-refractivity contribution is -0.192. The van der Waals surface area contributed by atoms with Crippen LogP contribution in [-0.4, -0.2) is 49.2 Å². The van der Waals surface area contributed by atoms with E-state index in [1.54, 1.807) is 30.0 Å². The van der Waals surface area contributed by atoms with Gasteiger partial charge in [-0.3, -0.25) is 4.79 Å².